The summed E-state index contributed by atoms with van der Waals surface area (Å²) in [6.07, 6.45) is 1.55. The quantitative estimate of drug-likeness (QED) is 0.176. The number of aliphatic hydroxyl groups excluding tert-OH is 2. The minimum absolute atomic E-state index is 0.00542. The number of nitrogens with one attached hydrogen (secondary N) is 1. The van der Waals surface area contributed by atoms with Gasteiger partial charge in [0.15, 0.2) is 5.60 Å². The van der Waals surface area contributed by atoms with Gasteiger partial charge in [0.1, 0.15) is 11.9 Å². The molecule has 6 rings (SSSR count). The van der Waals surface area contributed by atoms with E-state index in [1.807, 2.05) is 53.6 Å². The zero-order valence-electron chi connectivity index (χ0n) is 29.0. The van der Waals surface area contributed by atoms with E-state index in [0.29, 0.717) is 31.6 Å². The van der Waals surface area contributed by atoms with E-state index in [4.69, 9.17) is 9.47 Å². The van der Waals surface area contributed by atoms with E-state index in [0.717, 1.165) is 32.7 Å². The van der Waals surface area contributed by atoms with E-state index in [2.05, 4.69) is 63.7 Å². The van der Waals surface area contributed by atoms with Gasteiger partial charge in [-0.1, -0.05) is 70.6 Å². The number of aliphatic hydroxyl groups is 2. The third-order valence-electron chi connectivity index (χ3n) is 10.3. The molecule has 2 amide bonds. The lowest BCUT2D eigenvalue weighted by molar-refractivity contribution is -0.146. The Balaban J connectivity index is 1.36. The van der Waals surface area contributed by atoms with Crippen LogP contribution in [0, 0.1) is 5.92 Å². The summed E-state index contributed by atoms with van der Waals surface area (Å²) in [4.78, 5) is 28.9. The third kappa shape index (κ3) is 6.64. The highest BCUT2D eigenvalue weighted by molar-refractivity contribution is 9.10. The highest BCUT2D eigenvalue weighted by Crippen LogP contribution is 2.60. The Morgan fingerprint density at radius 2 is 1.86 bits per heavy atom. The van der Waals surface area contributed by atoms with Crippen molar-refractivity contribution in [2.45, 2.75) is 76.2 Å². The number of nitrogens with zero attached hydrogens (tertiary/aromatic N) is 4. The van der Waals surface area contributed by atoms with E-state index >= 15 is 4.79 Å². The molecule has 1 spiro atoms. The van der Waals surface area contributed by atoms with E-state index < -0.39 is 25.7 Å². The molecule has 0 saturated carbocycles. The van der Waals surface area contributed by atoms with Crippen molar-refractivity contribution in [2.75, 3.05) is 23.9 Å². The fourth-order valence-corrected chi connectivity index (χ4v) is 12.2. The number of halogens is 1. The van der Waals surface area contributed by atoms with Crippen LogP contribution in [-0.4, -0.2) is 71.0 Å². The zero-order valence-corrected chi connectivity index (χ0v) is 31.6. The third-order valence-corrected chi connectivity index (χ3v) is 15.2. The minimum Gasteiger partial charge on any atom is -0.497 e. The largest absolute Gasteiger partial charge is 0.497 e. The normalized spacial score (nSPS) is 22.2. The van der Waals surface area contributed by atoms with Crippen LogP contribution >= 0.6 is 15.9 Å². The van der Waals surface area contributed by atoms with Crippen LogP contribution in [0.25, 0.3) is 0 Å². The van der Waals surface area contributed by atoms with Crippen molar-refractivity contribution in [1.82, 2.24) is 15.0 Å². The van der Waals surface area contributed by atoms with Crippen molar-refractivity contribution >= 4 is 52.4 Å². The summed E-state index contributed by atoms with van der Waals surface area (Å²) in [6.45, 7) is 9.18. The number of methoxy groups -OCH3 is 1. The molecule has 0 aliphatic carbocycles. The molecular formula is C37H44BrN5O6Si. The van der Waals surface area contributed by atoms with Crippen LogP contribution < -0.4 is 20.1 Å². The van der Waals surface area contributed by atoms with Gasteiger partial charge in [-0.3, -0.25) is 14.3 Å². The number of fused-ring (bicyclic) bond motifs is 2. The van der Waals surface area contributed by atoms with Gasteiger partial charge in [-0.05, 0) is 66.9 Å². The number of carbonyl (C=O) groups is 2. The van der Waals surface area contributed by atoms with Gasteiger partial charge in [0.25, 0.3) is 11.8 Å². The van der Waals surface area contributed by atoms with Crippen molar-refractivity contribution in [3.05, 3.63) is 94.2 Å². The Hall–Kier alpha value is -3.88. The first-order valence-electron chi connectivity index (χ1n) is 16.9. The molecule has 1 aromatic heterocycles. The van der Waals surface area contributed by atoms with Crippen LogP contribution in [0.5, 0.6) is 5.75 Å². The van der Waals surface area contributed by atoms with Gasteiger partial charge in [0.05, 0.1) is 39.2 Å². The molecule has 3 aromatic carbocycles. The van der Waals surface area contributed by atoms with Gasteiger partial charge in [0, 0.05) is 47.4 Å². The van der Waals surface area contributed by atoms with E-state index in [1.54, 1.807) is 23.9 Å². The topological polar surface area (TPSA) is 139 Å². The summed E-state index contributed by atoms with van der Waals surface area (Å²) < 4.78 is 15.4. The van der Waals surface area contributed by atoms with E-state index in [1.165, 1.54) is 12.1 Å². The zero-order chi connectivity index (χ0) is 35.8. The van der Waals surface area contributed by atoms with E-state index in [-0.39, 0.29) is 30.1 Å². The van der Waals surface area contributed by atoms with Crippen molar-refractivity contribution in [3.8, 4) is 5.75 Å². The standard InChI is InChI=1S/C37H44BrN5O6Si/c1-23-34(50(4,5)30-13-11-29(48-3)12-14-30)33(16-18-42-22-28(17-19-44)40-41-42)49-37(23)31-20-26(38)8-15-32(31)43(36(37)47)21-25-6-9-27(10-7-25)39-35(46)24(2)45/h6-15,20,22-24,33-34,44-45H,16-19,21H2,1-5H3,(H,39,46)/t23-,24-,33+,34-,37+/m0/s1. The van der Waals surface area contributed by atoms with Crippen LogP contribution in [0.15, 0.2) is 77.4 Å². The maximum Gasteiger partial charge on any atom is 0.264 e. The Labute approximate surface area is 301 Å². The second-order valence-electron chi connectivity index (χ2n) is 13.8. The molecule has 1 fully saturated rings. The molecule has 0 bridgehead atoms. The molecule has 0 radical (unpaired) electrons. The number of hydrogen-bond acceptors (Lipinski definition) is 8. The first-order chi connectivity index (χ1) is 23.9. The molecule has 3 heterocycles. The first kappa shape index (κ1) is 35.9. The highest BCUT2D eigenvalue weighted by atomic mass is 79.9. The summed E-state index contributed by atoms with van der Waals surface area (Å²) in [5.41, 5.74) is 2.69. The van der Waals surface area contributed by atoms with Gasteiger partial charge in [-0.15, -0.1) is 5.10 Å². The predicted octanol–water partition coefficient (Wildman–Crippen LogP) is 4.76. The lowest BCUT2D eigenvalue weighted by Gasteiger charge is -2.37. The number of benzene rings is 3. The molecule has 11 nitrogen and oxygen atoms in total. The maximum absolute atomic E-state index is 15.0. The molecule has 1 saturated heterocycles. The predicted molar refractivity (Wildman–Crippen MR) is 197 cm³/mol. The molecule has 0 unspecified atom stereocenters. The SMILES string of the molecule is COc1ccc([Si](C)(C)[C@@H]2[C@@H](CCn3cc(CCO)nn3)O[C@]3(C(=O)N(Cc4ccc(NC(=O)[C@H](C)O)cc4)c4ccc(Br)cc43)[C@H]2C)cc1. The first-order valence-corrected chi connectivity index (χ1v) is 20.8. The summed E-state index contributed by atoms with van der Waals surface area (Å²) >= 11 is 3.68. The fraction of sp³-hybridized carbons (Fsp3) is 0.405. The van der Waals surface area contributed by atoms with Crippen molar-refractivity contribution in [1.29, 1.82) is 0 Å². The second kappa shape index (κ2) is 14.4. The van der Waals surface area contributed by atoms with Gasteiger partial charge < -0.3 is 29.9 Å². The van der Waals surface area contributed by atoms with Gasteiger partial charge in [0.2, 0.25) is 0 Å². The van der Waals surface area contributed by atoms with Crippen LogP contribution in [0.1, 0.15) is 37.1 Å². The number of hydrogen-bond donors (Lipinski definition) is 3. The molecule has 3 N–H and O–H groups in total. The fourth-order valence-electron chi connectivity index (χ4n) is 7.77. The van der Waals surface area contributed by atoms with Crippen molar-refractivity contribution < 1.29 is 29.3 Å². The highest BCUT2D eigenvalue weighted by Gasteiger charge is 2.66. The summed E-state index contributed by atoms with van der Waals surface area (Å²) in [5.74, 6) is 0.0509. The summed E-state index contributed by atoms with van der Waals surface area (Å²) in [6, 6.07) is 21.6. The average molecular weight is 763 g/mol. The second-order valence-corrected chi connectivity index (χ2v) is 19.4. The Morgan fingerprint density at radius 3 is 2.52 bits per heavy atom. The molecule has 264 valence electrons. The van der Waals surface area contributed by atoms with Crippen molar-refractivity contribution in [2.24, 2.45) is 5.92 Å². The lowest BCUT2D eigenvalue weighted by atomic mass is 9.82. The molecular weight excluding hydrogens is 718 g/mol. The van der Waals surface area contributed by atoms with Crippen LogP contribution in [0.2, 0.25) is 18.6 Å². The van der Waals surface area contributed by atoms with Crippen molar-refractivity contribution in [3.63, 3.8) is 0 Å². The van der Waals surface area contributed by atoms with Crippen LogP contribution in [0.4, 0.5) is 11.4 Å². The number of amides is 2. The smallest absolute Gasteiger partial charge is 0.264 e. The minimum atomic E-state index is -2.33. The van der Waals surface area contributed by atoms with E-state index in [9.17, 15) is 15.0 Å². The molecule has 5 atom stereocenters. The number of ether oxygens (including phenoxy) is 2. The number of aromatic nitrogens is 3. The maximum atomic E-state index is 15.0. The number of carbonyl (C=O) groups excluding carboxylic acids is 2. The molecule has 2 aliphatic rings. The summed E-state index contributed by atoms with van der Waals surface area (Å²) in [7, 11) is -0.666. The number of anilines is 2. The lowest BCUT2D eigenvalue weighted by Crippen LogP contribution is -2.51. The van der Waals surface area contributed by atoms with Gasteiger partial charge in [-0.2, -0.15) is 0 Å². The van der Waals surface area contributed by atoms with Crippen LogP contribution in [-0.2, 0) is 39.4 Å². The van der Waals surface area contributed by atoms with Gasteiger partial charge in [-0.25, -0.2) is 0 Å². The molecule has 4 aromatic rings. The Morgan fingerprint density at radius 1 is 1.14 bits per heavy atom. The summed E-state index contributed by atoms with van der Waals surface area (Å²) in [5, 5.41) is 31.4. The number of rotatable bonds is 12. The molecule has 13 heteroatoms. The molecule has 50 heavy (non-hydrogen) atoms. The Bertz CT molecular complexity index is 1850. The van der Waals surface area contributed by atoms with Gasteiger partial charge >= 0.3 is 0 Å². The Kier molecular flexibility index (Phi) is 10.3. The van der Waals surface area contributed by atoms with Crippen LogP contribution in [0.3, 0.4) is 0 Å². The monoisotopic (exact) mass is 761 g/mol. The average Bonchev–Trinajstić information content (AvgIpc) is 3.74. The molecule has 2 aliphatic heterocycles. The number of aryl methyl sites for hydroxylation is 1.